The SMILES string of the molecule is CCCCCS(=O)(=O)CC(NCC)c1ccc(C)cc1. The van der Waals surface area contributed by atoms with Gasteiger partial charge in [-0.15, -0.1) is 0 Å². The first kappa shape index (κ1) is 17.2. The van der Waals surface area contributed by atoms with Gasteiger partial charge in [-0.05, 0) is 25.5 Å². The van der Waals surface area contributed by atoms with E-state index in [2.05, 4.69) is 12.2 Å². The number of hydrogen-bond acceptors (Lipinski definition) is 3. The molecule has 4 heteroatoms. The van der Waals surface area contributed by atoms with Crippen LogP contribution in [0.4, 0.5) is 0 Å². The molecule has 1 aromatic carbocycles. The first-order valence-corrected chi connectivity index (χ1v) is 9.31. The summed E-state index contributed by atoms with van der Waals surface area (Å²) in [7, 11) is -3.00. The van der Waals surface area contributed by atoms with Gasteiger partial charge in [0.05, 0.1) is 11.5 Å². The maximum Gasteiger partial charge on any atom is 0.152 e. The van der Waals surface area contributed by atoms with Gasteiger partial charge in [-0.3, -0.25) is 0 Å². The summed E-state index contributed by atoms with van der Waals surface area (Å²) in [6, 6.07) is 7.99. The molecule has 1 atom stereocenters. The summed E-state index contributed by atoms with van der Waals surface area (Å²) in [5.74, 6) is 0.488. The van der Waals surface area contributed by atoms with Crippen molar-refractivity contribution in [3.8, 4) is 0 Å². The Balaban J connectivity index is 2.73. The Hall–Kier alpha value is -0.870. The van der Waals surface area contributed by atoms with E-state index in [-0.39, 0.29) is 11.8 Å². The lowest BCUT2D eigenvalue weighted by Crippen LogP contribution is -2.29. The minimum Gasteiger partial charge on any atom is -0.309 e. The van der Waals surface area contributed by atoms with E-state index in [1.165, 1.54) is 5.56 Å². The lowest BCUT2D eigenvalue weighted by Gasteiger charge is -2.18. The molecule has 114 valence electrons. The van der Waals surface area contributed by atoms with Crippen LogP contribution in [-0.4, -0.2) is 26.5 Å². The number of rotatable bonds is 9. The van der Waals surface area contributed by atoms with Crippen LogP contribution in [0.25, 0.3) is 0 Å². The Morgan fingerprint density at radius 1 is 1.10 bits per heavy atom. The zero-order valence-electron chi connectivity index (χ0n) is 12.9. The van der Waals surface area contributed by atoms with Gasteiger partial charge in [0.2, 0.25) is 0 Å². The molecule has 0 bridgehead atoms. The second kappa shape index (κ2) is 8.42. The maximum atomic E-state index is 12.2. The molecule has 20 heavy (non-hydrogen) atoms. The van der Waals surface area contributed by atoms with Crippen molar-refractivity contribution in [3.05, 3.63) is 35.4 Å². The zero-order valence-corrected chi connectivity index (χ0v) is 13.7. The van der Waals surface area contributed by atoms with Gasteiger partial charge < -0.3 is 5.32 Å². The number of unbranched alkanes of at least 4 members (excludes halogenated alkanes) is 2. The van der Waals surface area contributed by atoms with Crippen LogP contribution in [0.1, 0.15) is 50.3 Å². The third-order valence-corrected chi connectivity index (χ3v) is 5.16. The molecule has 1 rings (SSSR count). The second-order valence-corrected chi connectivity index (χ2v) is 7.57. The van der Waals surface area contributed by atoms with Crippen LogP contribution in [0, 0.1) is 6.92 Å². The van der Waals surface area contributed by atoms with Crippen molar-refractivity contribution < 1.29 is 8.42 Å². The Labute approximate surface area is 123 Å². The van der Waals surface area contributed by atoms with Crippen LogP contribution >= 0.6 is 0 Å². The number of nitrogens with one attached hydrogen (secondary N) is 1. The Kier molecular flexibility index (Phi) is 7.24. The predicted molar refractivity (Wildman–Crippen MR) is 85.8 cm³/mol. The van der Waals surface area contributed by atoms with Crippen LogP contribution < -0.4 is 5.32 Å². The fraction of sp³-hybridized carbons (Fsp3) is 0.625. The zero-order chi connectivity index (χ0) is 15.0. The maximum absolute atomic E-state index is 12.2. The molecule has 1 unspecified atom stereocenters. The van der Waals surface area contributed by atoms with Crippen LogP contribution in [0.5, 0.6) is 0 Å². The van der Waals surface area contributed by atoms with Crippen molar-refractivity contribution in [1.82, 2.24) is 5.32 Å². The monoisotopic (exact) mass is 297 g/mol. The van der Waals surface area contributed by atoms with Crippen molar-refractivity contribution in [2.45, 2.75) is 46.1 Å². The third-order valence-electron chi connectivity index (χ3n) is 3.41. The van der Waals surface area contributed by atoms with E-state index in [0.29, 0.717) is 5.75 Å². The van der Waals surface area contributed by atoms with Crippen molar-refractivity contribution in [1.29, 1.82) is 0 Å². The predicted octanol–water partition coefficient (Wildman–Crippen LogP) is 3.25. The van der Waals surface area contributed by atoms with Gasteiger partial charge >= 0.3 is 0 Å². The summed E-state index contributed by atoms with van der Waals surface area (Å²) >= 11 is 0. The molecule has 0 aliphatic rings. The number of sulfone groups is 1. The molecule has 0 radical (unpaired) electrons. The number of aryl methyl sites for hydroxylation is 1. The summed E-state index contributed by atoms with van der Waals surface area (Å²) in [4.78, 5) is 0. The minimum absolute atomic E-state index is 0.104. The molecule has 3 nitrogen and oxygen atoms in total. The molecule has 1 aromatic rings. The van der Waals surface area contributed by atoms with Crippen LogP contribution in [0.3, 0.4) is 0 Å². The van der Waals surface area contributed by atoms with Gasteiger partial charge in [-0.2, -0.15) is 0 Å². The van der Waals surface area contributed by atoms with Gasteiger partial charge in [-0.25, -0.2) is 8.42 Å². The molecular formula is C16H27NO2S. The van der Waals surface area contributed by atoms with E-state index < -0.39 is 9.84 Å². The van der Waals surface area contributed by atoms with E-state index in [0.717, 1.165) is 31.4 Å². The topological polar surface area (TPSA) is 46.2 Å². The molecule has 0 aromatic heterocycles. The first-order valence-electron chi connectivity index (χ1n) is 7.49. The Morgan fingerprint density at radius 2 is 1.75 bits per heavy atom. The lowest BCUT2D eigenvalue weighted by atomic mass is 10.1. The molecule has 0 aliphatic carbocycles. The van der Waals surface area contributed by atoms with Crippen molar-refractivity contribution >= 4 is 9.84 Å². The first-order chi connectivity index (χ1) is 9.48. The molecule has 0 fully saturated rings. The average Bonchev–Trinajstić information content (AvgIpc) is 2.39. The summed E-state index contributed by atoms with van der Waals surface area (Å²) in [6.07, 6.45) is 2.80. The van der Waals surface area contributed by atoms with Gasteiger partial charge in [0.15, 0.2) is 9.84 Å². The Morgan fingerprint density at radius 3 is 2.30 bits per heavy atom. The molecule has 1 N–H and O–H groups in total. The molecule has 0 amide bonds. The quantitative estimate of drug-likeness (QED) is 0.712. The van der Waals surface area contributed by atoms with E-state index in [1.807, 2.05) is 38.1 Å². The smallest absolute Gasteiger partial charge is 0.152 e. The largest absolute Gasteiger partial charge is 0.309 e. The highest BCUT2D eigenvalue weighted by Gasteiger charge is 2.19. The third kappa shape index (κ3) is 6.06. The molecule has 0 spiro atoms. The van der Waals surface area contributed by atoms with Crippen molar-refractivity contribution in [2.24, 2.45) is 0 Å². The molecule has 0 aliphatic heterocycles. The van der Waals surface area contributed by atoms with Gasteiger partial charge in [0.25, 0.3) is 0 Å². The minimum atomic E-state index is -3.00. The molecular weight excluding hydrogens is 270 g/mol. The van der Waals surface area contributed by atoms with Gasteiger partial charge in [0, 0.05) is 6.04 Å². The van der Waals surface area contributed by atoms with Crippen molar-refractivity contribution in [3.63, 3.8) is 0 Å². The van der Waals surface area contributed by atoms with Gasteiger partial charge in [0.1, 0.15) is 0 Å². The lowest BCUT2D eigenvalue weighted by molar-refractivity contribution is 0.556. The van der Waals surface area contributed by atoms with E-state index in [4.69, 9.17) is 0 Å². The summed E-state index contributed by atoms with van der Waals surface area (Å²) in [5, 5.41) is 3.29. The fourth-order valence-electron chi connectivity index (χ4n) is 2.23. The number of benzene rings is 1. The van der Waals surface area contributed by atoms with E-state index >= 15 is 0 Å². The number of hydrogen-bond donors (Lipinski definition) is 1. The van der Waals surface area contributed by atoms with E-state index in [9.17, 15) is 8.42 Å². The highest BCUT2D eigenvalue weighted by Crippen LogP contribution is 2.17. The van der Waals surface area contributed by atoms with Crippen LogP contribution in [0.2, 0.25) is 0 Å². The molecule has 0 saturated carbocycles. The molecule has 0 heterocycles. The normalized spacial score (nSPS) is 13.3. The highest BCUT2D eigenvalue weighted by atomic mass is 32.2. The molecule has 0 saturated heterocycles. The average molecular weight is 297 g/mol. The van der Waals surface area contributed by atoms with E-state index in [1.54, 1.807) is 0 Å². The fourth-order valence-corrected chi connectivity index (χ4v) is 3.86. The second-order valence-electron chi connectivity index (χ2n) is 5.34. The highest BCUT2D eigenvalue weighted by molar-refractivity contribution is 7.91. The summed E-state index contributed by atoms with van der Waals surface area (Å²) in [6.45, 7) is 6.89. The van der Waals surface area contributed by atoms with Gasteiger partial charge in [-0.1, -0.05) is 56.5 Å². The Bertz CT molecular complexity index is 480. The van der Waals surface area contributed by atoms with Crippen LogP contribution in [0.15, 0.2) is 24.3 Å². The summed E-state index contributed by atoms with van der Waals surface area (Å²) in [5.41, 5.74) is 2.24. The van der Waals surface area contributed by atoms with Crippen LogP contribution in [-0.2, 0) is 9.84 Å². The summed E-state index contributed by atoms with van der Waals surface area (Å²) < 4.78 is 24.4. The van der Waals surface area contributed by atoms with Crippen molar-refractivity contribution in [2.75, 3.05) is 18.1 Å². The standard InChI is InChI=1S/C16H27NO2S/c1-4-6-7-12-20(18,19)13-16(17-5-2)15-10-8-14(3)9-11-15/h8-11,16-17H,4-7,12-13H2,1-3H3.